The van der Waals surface area contributed by atoms with Gasteiger partial charge in [-0.05, 0) is 50.2 Å². The van der Waals surface area contributed by atoms with Crippen LogP contribution < -0.4 is 10.6 Å². The minimum Gasteiger partial charge on any atom is -0.352 e. The van der Waals surface area contributed by atoms with E-state index in [0.717, 1.165) is 6.54 Å². The first-order valence-electron chi connectivity index (χ1n) is 5.73. The fourth-order valence-corrected chi connectivity index (χ4v) is 1.58. The summed E-state index contributed by atoms with van der Waals surface area (Å²) in [5, 5.41) is 5.88. The molecule has 1 aromatic carbocycles. The molecule has 0 bridgehead atoms. The van der Waals surface area contributed by atoms with Crippen LogP contribution in [0.3, 0.4) is 0 Å². The third-order valence-electron chi connectivity index (χ3n) is 2.58. The first kappa shape index (κ1) is 13.6. The molecule has 3 nitrogen and oxygen atoms in total. The second-order valence-corrected chi connectivity index (χ2v) is 4.34. The Labute approximate surface area is 101 Å². The van der Waals surface area contributed by atoms with Crippen molar-refractivity contribution in [2.75, 3.05) is 20.1 Å². The zero-order valence-corrected chi connectivity index (χ0v) is 10.5. The van der Waals surface area contributed by atoms with Crippen LogP contribution in [0.25, 0.3) is 0 Å². The molecule has 0 saturated heterocycles. The minimum atomic E-state index is -0.287. The van der Waals surface area contributed by atoms with Crippen LogP contribution in [0, 0.1) is 18.7 Å². The number of amides is 1. The van der Waals surface area contributed by atoms with Gasteiger partial charge in [-0.25, -0.2) is 4.39 Å². The lowest BCUT2D eigenvalue weighted by Crippen LogP contribution is -2.32. The summed E-state index contributed by atoms with van der Waals surface area (Å²) in [5.74, 6) is -0.0772. The average Bonchev–Trinajstić information content (AvgIpc) is 2.30. The number of carbonyl (C=O) groups excluding carboxylic acids is 1. The maximum atomic E-state index is 13.0. The van der Waals surface area contributed by atoms with Gasteiger partial charge in [-0.2, -0.15) is 0 Å². The van der Waals surface area contributed by atoms with Gasteiger partial charge in [0.15, 0.2) is 0 Å². The highest BCUT2D eigenvalue weighted by Gasteiger charge is 2.08. The van der Waals surface area contributed by atoms with Crippen LogP contribution in [0.5, 0.6) is 0 Å². The number of benzene rings is 1. The molecule has 0 aromatic heterocycles. The first-order chi connectivity index (χ1) is 8.04. The monoisotopic (exact) mass is 238 g/mol. The Hall–Kier alpha value is -1.42. The van der Waals surface area contributed by atoms with Gasteiger partial charge < -0.3 is 10.6 Å². The molecule has 0 saturated carbocycles. The lowest BCUT2D eigenvalue weighted by Gasteiger charge is -2.12. The molecule has 1 atom stereocenters. The molecule has 0 fully saturated rings. The number of aryl methyl sites for hydroxylation is 1. The Morgan fingerprint density at radius 1 is 1.41 bits per heavy atom. The topological polar surface area (TPSA) is 41.1 Å². The molecule has 2 N–H and O–H groups in total. The number of carbonyl (C=O) groups is 1. The van der Waals surface area contributed by atoms with E-state index in [1.165, 1.54) is 12.1 Å². The van der Waals surface area contributed by atoms with Gasteiger partial charge in [0.05, 0.1) is 0 Å². The fourth-order valence-electron chi connectivity index (χ4n) is 1.58. The highest BCUT2D eigenvalue weighted by molar-refractivity contribution is 5.94. The molecule has 1 rings (SSSR count). The van der Waals surface area contributed by atoms with Gasteiger partial charge in [-0.1, -0.05) is 6.92 Å². The zero-order chi connectivity index (χ0) is 12.8. The molecule has 0 aliphatic heterocycles. The van der Waals surface area contributed by atoms with Crippen LogP contribution in [0.1, 0.15) is 22.8 Å². The number of hydrogen-bond donors (Lipinski definition) is 2. The molecular weight excluding hydrogens is 219 g/mol. The van der Waals surface area contributed by atoms with Crippen molar-refractivity contribution < 1.29 is 9.18 Å². The van der Waals surface area contributed by atoms with Crippen molar-refractivity contribution >= 4 is 5.91 Å². The SMILES string of the molecule is CNC[C@@H](C)CNC(=O)c1ccc(F)c(C)c1. The second-order valence-electron chi connectivity index (χ2n) is 4.34. The zero-order valence-electron chi connectivity index (χ0n) is 10.5. The van der Waals surface area contributed by atoms with E-state index < -0.39 is 0 Å². The third-order valence-corrected chi connectivity index (χ3v) is 2.58. The summed E-state index contributed by atoms with van der Waals surface area (Å²) in [4.78, 5) is 11.8. The highest BCUT2D eigenvalue weighted by Crippen LogP contribution is 2.09. The predicted molar refractivity (Wildman–Crippen MR) is 66.6 cm³/mol. The number of nitrogens with one attached hydrogen (secondary N) is 2. The van der Waals surface area contributed by atoms with E-state index >= 15 is 0 Å². The number of hydrogen-bond acceptors (Lipinski definition) is 2. The number of halogens is 1. The molecular formula is C13H19FN2O. The van der Waals surface area contributed by atoms with Gasteiger partial charge in [-0.3, -0.25) is 4.79 Å². The smallest absolute Gasteiger partial charge is 0.251 e. The van der Waals surface area contributed by atoms with Crippen LogP contribution in [0.2, 0.25) is 0 Å². The van der Waals surface area contributed by atoms with Gasteiger partial charge in [0.2, 0.25) is 0 Å². The van der Waals surface area contributed by atoms with Gasteiger partial charge in [0, 0.05) is 12.1 Å². The summed E-state index contributed by atoms with van der Waals surface area (Å²) in [6.07, 6.45) is 0. The van der Waals surface area contributed by atoms with Crippen molar-refractivity contribution in [1.82, 2.24) is 10.6 Å². The Morgan fingerprint density at radius 2 is 2.12 bits per heavy atom. The highest BCUT2D eigenvalue weighted by atomic mass is 19.1. The molecule has 0 aliphatic carbocycles. The van der Waals surface area contributed by atoms with E-state index in [1.807, 2.05) is 14.0 Å². The van der Waals surface area contributed by atoms with E-state index in [1.54, 1.807) is 13.0 Å². The Bertz CT molecular complexity index is 393. The Kier molecular flexibility index (Phi) is 5.10. The van der Waals surface area contributed by atoms with Crippen LogP contribution in [-0.4, -0.2) is 26.0 Å². The molecule has 0 radical (unpaired) electrons. The molecule has 4 heteroatoms. The third kappa shape index (κ3) is 4.15. The summed E-state index contributed by atoms with van der Waals surface area (Å²) in [5.41, 5.74) is 0.987. The standard InChI is InChI=1S/C13H19FN2O/c1-9(7-15-3)8-16-13(17)11-4-5-12(14)10(2)6-11/h4-6,9,15H,7-8H2,1-3H3,(H,16,17)/t9-/m1/s1. The lowest BCUT2D eigenvalue weighted by molar-refractivity contribution is 0.0948. The molecule has 0 unspecified atom stereocenters. The molecule has 94 valence electrons. The van der Waals surface area contributed by atoms with Crippen LogP contribution in [0.4, 0.5) is 4.39 Å². The Morgan fingerprint density at radius 3 is 2.71 bits per heavy atom. The van der Waals surface area contributed by atoms with Crippen molar-refractivity contribution in [2.24, 2.45) is 5.92 Å². The molecule has 0 aliphatic rings. The van der Waals surface area contributed by atoms with Crippen LogP contribution in [0.15, 0.2) is 18.2 Å². The van der Waals surface area contributed by atoms with Crippen molar-refractivity contribution in [3.63, 3.8) is 0 Å². The Balaban J connectivity index is 2.55. The predicted octanol–water partition coefficient (Wildman–Crippen LogP) is 1.72. The summed E-state index contributed by atoms with van der Waals surface area (Å²) in [6.45, 7) is 5.15. The van der Waals surface area contributed by atoms with Crippen LogP contribution in [-0.2, 0) is 0 Å². The summed E-state index contributed by atoms with van der Waals surface area (Å²) < 4.78 is 13.0. The molecule has 0 heterocycles. The fraction of sp³-hybridized carbons (Fsp3) is 0.462. The number of rotatable bonds is 5. The molecule has 17 heavy (non-hydrogen) atoms. The average molecular weight is 238 g/mol. The largest absolute Gasteiger partial charge is 0.352 e. The van der Waals surface area contributed by atoms with Gasteiger partial charge in [-0.15, -0.1) is 0 Å². The van der Waals surface area contributed by atoms with Crippen molar-refractivity contribution in [3.8, 4) is 0 Å². The molecule has 1 aromatic rings. The van der Waals surface area contributed by atoms with E-state index in [4.69, 9.17) is 0 Å². The maximum absolute atomic E-state index is 13.0. The van der Waals surface area contributed by atoms with Gasteiger partial charge in [0.1, 0.15) is 5.82 Å². The van der Waals surface area contributed by atoms with Crippen LogP contribution >= 0.6 is 0 Å². The molecule has 0 spiro atoms. The van der Waals surface area contributed by atoms with Crippen molar-refractivity contribution in [1.29, 1.82) is 0 Å². The quantitative estimate of drug-likeness (QED) is 0.820. The maximum Gasteiger partial charge on any atom is 0.251 e. The van der Waals surface area contributed by atoms with E-state index in [9.17, 15) is 9.18 Å². The first-order valence-corrected chi connectivity index (χ1v) is 5.73. The van der Waals surface area contributed by atoms with Crippen molar-refractivity contribution in [3.05, 3.63) is 35.1 Å². The lowest BCUT2D eigenvalue weighted by atomic mass is 10.1. The van der Waals surface area contributed by atoms with Gasteiger partial charge >= 0.3 is 0 Å². The normalized spacial score (nSPS) is 12.2. The van der Waals surface area contributed by atoms with E-state index in [2.05, 4.69) is 10.6 Å². The summed E-state index contributed by atoms with van der Waals surface area (Å²) >= 11 is 0. The van der Waals surface area contributed by atoms with E-state index in [0.29, 0.717) is 23.6 Å². The summed E-state index contributed by atoms with van der Waals surface area (Å²) in [7, 11) is 1.88. The van der Waals surface area contributed by atoms with E-state index in [-0.39, 0.29) is 11.7 Å². The summed E-state index contributed by atoms with van der Waals surface area (Å²) in [6, 6.07) is 4.38. The van der Waals surface area contributed by atoms with Gasteiger partial charge in [0.25, 0.3) is 5.91 Å². The molecule has 1 amide bonds. The second kappa shape index (κ2) is 6.35. The minimum absolute atomic E-state index is 0.156. The van der Waals surface area contributed by atoms with Crippen molar-refractivity contribution in [2.45, 2.75) is 13.8 Å².